The molecular formula is C15H14N2O6S. The van der Waals surface area contributed by atoms with Gasteiger partial charge < -0.3 is 4.74 Å². The maximum Gasteiger partial charge on any atom is 0.271 e. The van der Waals surface area contributed by atoms with Gasteiger partial charge in [-0.05, 0) is 37.3 Å². The largest absolute Gasteiger partial charge is 0.495 e. The minimum Gasteiger partial charge on any atom is -0.495 e. The van der Waals surface area contributed by atoms with Crippen LogP contribution < -0.4 is 9.46 Å². The number of sulfonamides is 1. The minimum absolute atomic E-state index is 0.0199. The van der Waals surface area contributed by atoms with Gasteiger partial charge in [-0.1, -0.05) is 0 Å². The standard InChI is InChI=1S/C15H14N2O6S/c1-10(18)11-3-5-12(6-4-11)16-24(21,22)15-9-13(17(19)20)7-8-14(15)23-2/h3-9,16H,1-2H3. The number of ether oxygens (including phenoxy) is 1. The fraction of sp³-hybridized carbons (Fsp3) is 0.133. The number of Topliss-reactive ketones (excluding diaryl/α,β-unsaturated/α-hetero) is 1. The van der Waals surface area contributed by atoms with Gasteiger partial charge in [0.1, 0.15) is 10.6 Å². The SMILES string of the molecule is COc1ccc([N+](=O)[O-])cc1S(=O)(=O)Nc1ccc(C(C)=O)cc1. The number of carbonyl (C=O) groups excluding carboxylic acids is 1. The summed E-state index contributed by atoms with van der Waals surface area (Å²) in [7, 11) is -2.84. The molecule has 8 nitrogen and oxygen atoms in total. The number of nitro groups is 1. The molecule has 0 unspecified atom stereocenters. The highest BCUT2D eigenvalue weighted by atomic mass is 32.2. The Labute approximate surface area is 138 Å². The van der Waals surface area contributed by atoms with Crippen LogP contribution in [0.3, 0.4) is 0 Å². The lowest BCUT2D eigenvalue weighted by Gasteiger charge is -2.11. The number of hydrogen-bond donors (Lipinski definition) is 1. The summed E-state index contributed by atoms with van der Waals surface area (Å²) in [6.07, 6.45) is 0. The first kappa shape index (κ1) is 17.4. The molecule has 0 fully saturated rings. The molecule has 0 aliphatic rings. The van der Waals surface area contributed by atoms with Crippen molar-refractivity contribution in [1.82, 2.24) is 0 Å². The third-order valence-corrected chi connectivity index (χ3v) is 4.59. The third-order valence-electron chi connectivity index (χ3n) is 3.19. The van der Waals surface area contributed by atoms with E-state index in [0.29, 0.717) is 5.56 Å². The molecule has 0 saturated heterocycles. The van der Waals surface area contributed by atoms with Crippen LogP contribution in [0.5, 0.6) is 5.75 Å². The molecule has 0 heterocycles. The van der Waals surface area contributed by atoms with E-state index in [0.717, 1.165) is 12.1 Å². The highest BCUT2D eigenvalue weighted by molar-refractivity contribution is 7.92. The van der Waals surface area contributed by atoms with Crippen molar-refractivity contribution in [2.24, 2.45) is 0 Å². The molecule has 2 rings (SSSR count). The molecule has 126 valence electrons. The van der Waals surface area contributed by atoms with E-state index < -0.39 is 14.9 Å². The molecule has 24 heavy (non-hydrogen) atoms. The summed E-state index contributed by atoms with van der Waals surface area (Å²) in [6, 6.07) is 9.10. The normalized spacial score (nSPS) is 10.9. The highest BCUT2D eigenvalue weighted by Gasteiger charge is 2.23. The van der Waals surface area contributed by atoms with Gasteiger partial charge in [0.25, 0.3) is 15.7 Å². The van der Waals surface area contributed by atoms with Gasteiger partial charge in [0.05, 0.1) is 12.0 Å². The third kappa shape index (κ3) is 3.69. The van der Waals surface area contributed by atoms with Crippen LogP contribution in [0.15, 0.2) is 47.4 Å². The number of methoxy groups -OCH3 is 1. The van der Waals surface area contributed by atoms with Crippen molar-refractivity contribution in [3.63, 3.8) is 0 Å². The second kappa shape index (κ2) is 6.67. The van der Waals surface area contributed by atoms with E-state index in [1.165, 1.54) is 44.4 Å². The number of non-ortho nitro benzene ring substituents is 1. The van der Waals surface area contributed by atoms with Crippen LogP contribution in [0.2, 0.25) is 0 Å². The first-order chi connectivity index (χ1) is 11.2. The van der Waals surface area contributed by atoms with E-state index >= 15 is 0 Å². The zero-order valence-electron chi connectivity index (χ0n) is 12.8. The van der Waals surface area contributed by atoms with E-state index in [-0.39, 0.29) is 27.8 Å². The molecule has 0 aliphatic heterocycles. The minimum atomic E-state index is -4.11. The predicted molar refractivity (Wildman–Crippen MR) is 86.9 cm³/mol. The summed E-state index contributed by atoms with van der Waals surface area (Å²) in [6.45, 7) is 1.40. The summed E-state index contributed by atoms with van der Waals surface area (Å²) in [5.41, 5.74) is 0.280. The Bertz CT molecular complexity index is 891. The molecule has 0 bridgehead atoms. The lowest BCUT2D eigenvalue weighted by molar-refractivity contribution is -0.385. The van der Waals surface area contributed by atoms with Gasteiger partial charge in [0, 0.05) is 23.4 Å². The molecule has 0 saturated carbocycles. The maximum atomic E-state index is 12.5. The monoisotopic (exact) mass is 350 g/mol. The van der Waals surface area contributed by atoms with Crippen LogP contribution >= 0.6 is 0 Å². The summed E-state index contributed by atoms with van der Waals surface area (Å²) >= 11 is 0. The molecule has 2 aromatic carbocycles. The number of nitro benzene ring substituents is 1. The molecule has 0 aromatic heterocycles. The van der Waals surface area contributed by atoms with Gasteiger partial charge in [-0.25, -0.2) is 8.42 Å². The van der Waals surface area contributed by atoms with Crippen LogP contribution in [0.4, 0.5) is 11.4 Å². The molecule has 1 N–H and O–H groups in total. The lowest BCUT2D eigenvalue weighted by Crippen LogP contribution is -2.14. The predicted octanol–water partition coefficient (Wildman–Crippen LogP) is 2.61. The summed E-state index contributed by atoms with van der Waals surface area (Å²) < 4.78 is 32.3. The van der Waals surface area contributed by atoms with Crippen molar-refractivity contribution in [2.45, 2.75) is 11.8 Å². The molecule has 9 heteroatoms. The number of nitrogens with zero attached hydrogens (tertiary/aromatic N) is 1. The number of rotatable bonds is 6. The number of ketones is 1. The quantitative estimate of drug-likeness (QED) is 0.486. The highest BCUT2D eigenvalue weighted by Crippen LogP contribution is 2.29. The van der Waals surface area contributed by atoms with Crippen molar-refractivity contribution in [2.75, 3.05) is 11.8 Å². The second-order valence-corrected chi connectivity index (χ2v) is 6.48. The fourth-order valence-corrected chi connectivity index (χ4v) is 3.22. The Morgan fingerprint density at radius 1 is 1.17 bits per heavy atom. The number of hydrogen-bond acceptors (Lipinski definition) is 6. The number of nitrogens with one attached hydrogen (secondary N) is 1. The molecular weight excluding hydrogens is 336 g/mol. The van der Waals surface area contributed by atoms with Gasteiger partial charge >= 0.3 is 0 Å². The number of anilines is 1. The van der Waals surface area contributed by atoms with Crippen molar-refractivity contribution in [1.29, 1.82) is 0 Å². The molecule has 0 aliphatic carbocycles. The number of benzene rings is 2. The average molecular weight is 350 g/mol. The first-order valence-electron chi connectivity index (χ1n) is 6.71. The topological polar surface area (TPSA) is 116 Å². The van der Waals surface area contributed by atoms with Crippen molar-refractivity contribution < 1.29 is 22.9 Å². The zero-order chi connectivity index (χ0) is 17.9. The average Bonchev–Trinajstić information content (AvgIpc) is 2.54. The van der Waals surface area contributed by atoms with Crippen LogP contribution in [-0.4, -0.2) is 26.2 Å². The molecule has 0 atom stereocenters. The Balaban J connectivity index is 2.41. The molecule has 0 radical (unpaired) electrons. The first-order valence-corrected chi connectivity index (χ1v) is 8.19. The fourth-order valence-electron chi connectivity index (χ4n) is 1.97. The van der Waals surface area contributed by atoms with Crippen LogP contribution in [0.1, 0.15) is 17.3 Å². The second-order valence-electron chi connectivity index (χ2n) is 4.83. The van der Waals surface area contributed by atoms with Gasteiger partial charge in [-0.15, -0.1) is 0 Å². The van der Waals surface area contributed by atoms with Crippen molar-refractivity contribution >= 4 is 27.2 Å². The van der Waals surface area contributed by atoms with Crippen LogP contribution in [0.25, 0.3) is 0 Å². The Morgan fingerprint density at radius 2 is 1.79 bits per heavy atom. The smallest absolute Gasteiger partial charge is 0.271 e. The number of carbonyl (C=O) groups is 1. The lowest BCUT2D eigenvalue weighted by atomic mass is 10.1. The van der Waals surface area contributed by atoms with Gasteiger partial charge in [-0.2, -0.15) is 0 Å². The van der Waals surface area contributed by atoms with Gasteiger partial charge in [0.15, 0.2) is 5.78 Å². The van der Waals surface area contributed by atoms with Crippen LogP contribution in [0, 0.1) is 10.1 Å². The van der Waals surface area contributed by atoms with E-state index in [4.69, 9.17) is 4.74 Å². The molecule has 0 amide bonds. The van der Waals surface area contributed by atoms with Gasteiger partial charge in [0.2, 0.25) is 0 Å². The Morgan fingerprint density at radius 3 is 2.29 bits per heavy atom. The maximum absolute atomic E-state index is 12.5. The summed E-state index contributed by atoms with van der Waals surface area (Å²) in [4.78, 5) is 21.0. The molecule has 0 spiro atoms. The van der Waals surface area contributed by atoms with Crippen LogP contribution in [-0.2, 0) is 10.0 Å². The van der Waals surface area contributed by atoms with E-state index in [9.17, 15) is 23.3 Å². The van der Waals surface area contributed by atoms with E-state index in [1.54, 1.807) is 0 Å². The molecule has 2 aromatic rings. The summed E-state index contributed by atoms with van der Waals surface area (Å²) in [5.74, 6) is -0.168. The van der Waals surface area contributed by atoms with Crippen molar-refractivity contribution in [3.05, 3.63) is 58.1 Å². The summed E-state index contributed by atoms with van der Waals surface area (Å²) in [5, 5.41) is 10.9. The van der Waals surface area contributed by atoms with Gasteiger partial charge in [-0.3, -0.25) is 19.6 Å². The van der Waals surface area contributed by atoms with Crippen molar-refractivity contribution in [3.8, 4) is 5.75 Å². The Hall–Kier alpha value is -2.94. The van der Waals surface area contributed by atoms with E-state index in [2.05, 4.69) is 4.72 Å². The Kier molecular flexibility index (Phi) is 4.84. The zero-order valence-corrected chi connectivity index (χ0v) is 13.7. The van der Waals surface area contributed by atoms with E-state index in [1.807, 2.05) is 0 Å².